The lowest BCUT2D eigenvalue weighted by Crippen LogP contribution is -2.25. The standard InChI is InChI=1S/C19H19NO3.C17H17N3O.C16H14BrN3O.C16H14ClN3O.C16H14FN3O.C16H15N3O/c1-3-18(21)14-6-4-13(5-7-14)12-20-17-9-8-16(23-2)10-15(17)11-19(20)22;1-3-17(21)14-7-5-13(6-8-14)11-20-16-9-4-12(2)10-15(16)18-19-20;3*1-2-16(21)12-5-3-11(4-6-12)10-20-15-8-7-13(17)9-14(15)18-19-20;1-2-16(20)13-9-7-12(8-10-13)11-19-15-6-4-3-5-14(15)17-18-19/h4-10H,3,11-12H2,1-2H3;4-10H,3,11H2,1-2H3;3*3-9H,2,10H2,1H3;3-10H,2,11H2,1H3. The van der Waals surface area contributed by atoms with Crippen LogP contribution in [0.15, 0.2) is 265 Å². The molecule has 0 bridgehead atoms. The molecule has 0 radical (unpaired) electrons. The van der Waals surface area contributed by atoms with E-state index in [4.69, 9.17) is 16.3 Å². The zero-order valence-electron chi connectivity index (χ0n) is 71.6. The lowest BCUT2D eigenvalue weighted by molar-refractivity contribution is -0.117. The van der Waals surface area contributed by atoms with Gasteiger partial charge in [-0.1, -0.05) is 259 Å². The fourth-order valence-electron chi connectivity index (χ4n) is 14.1. The van der Waals surface area contributed by atoms with Crippen molar-refractivity contribution in [2.75, 3.05) is 12.0 Å². The van der Waals surface area contributed by atoms with Gasteiger partial charge in [-0.2, -0.15) is 0 Å². The van der Waals surface area contributed by atoms with Crippen LogP contribution >= 0.6 is 27.5 Å². The van der Waals surface area contributed by atoms with E-state index in [9.17, 15) is 38.0 Å². The molecular weight excluding hydrogens is 1690 g/mol. The minimum absolute atomic E-state index is 0.0852. The summed E-state index contributed by atoms with van der Waals surface area (Å²) < 4.78 is 28.5. The van der Waals surface area contributed by atoms with Crippen LogP contribution in [0.1, 0.15) is 187 Å². The van der Waals surface area contributed by atoms with Crippen LogP contribution in [-0.4, -0.2) is 123 Å². The Morgan fingerprint density at radius 1 is 0.354 bits per heavy atom. The number of hydrogen-bond donors (Lipinski definition) is 0. The molecule has 6 heterocycles. The van der Waals surface area contributed by atoms with E-state index < -0.39 is 0 Å². The highest BCUT2D eigenvalue weighted by molar-refractivity contribution is 9.10. The average Bonchev–Trinajstić information content (AvgIpc) is 1.65. The Morgan fingerprint density at radius 3 is 1.05 bits per heavy atom. The second-order valence-electron chi connectivity index (χ2n) is 30.1. The first kappa shape index (κ1) is 90.4. The molecule has 642 valence electrons. The van der Waals surface area contributed by atoms with Crippen molar-refractivity contribution in [2.45, 2.75) is 133 Å². The number of amides is 1. The molecule has 27 heteroatoms. The third-order valence-corrected chi connectivity index (χ3v) is 22.1. The number of carbonyl (C=O) groups excluding carboxylic acids is 7. The van der Waals surface area contributed by atoms with Gasteiger partial charge >= 0.3 is 0 Å². The Kier molecular flexibility index (Phi) is 30.5. The molecule has 0 aliphatic carbocycles. The first-order chi connectivity index (χ1) is 61.6. The molecule has 24 nitrogen and oxygen atoms in total. The van der Waals surface area contributed by atoms with Crippen LogP contribution in [0.3, 0.4) is 0 Å². The Labute approximate surface area is 746 Å². The fraction of sp³-hybridized carbons (Fsp3) is 0.210. The second-order valence-corrected chi connectivity index (χ2v) is 31.5. The van der Waals surface area contributed by atoms with Crippen molar-refractivity contribution in [3.8, 4) is 5.75 Å². The van der Waals surface area contributed by atoms with Gasteiger partial charge in [-0.25, -0.2) is 27.8 Å². The summed E-state index contributed by atoms with van der Waals surface area (Å²) in [7, 11) is 1.62. The van der Waals surface area contributed by atoms with E-state index in [1.165, 1.54) is 17.7 Å². The van der Waals surface area contributed by atoms with Crippen LogP contribution in [-0.2, 0) is 50.5 Å². The van der Waals surface area contributed by atoms with Crippen LogP contribution in [0.4, 0.5) is 10.1 Å². The second kappa shape index (κ2) is 42.8. The summed E-state index contributed by atoms with van der Waals surface area (Å²) in [5.74, 6) is 1.44. The van der Waals surface area contributed by atoms with Gasteiger partial charge in [0.15, 0.2) is 34.7 Å². The molecule has 17 aromatic rings. The van der Waals surface area contributed by atoms with Crippen LogP contribution < -0.4 is 9.64 Å². The number of Topliss-reactive ketones (excluding diaryl/α,β-unsaturated/α-hetero) is 6. The molecule has 5 aromatic heterocycles. The lowest BCUT2D eigenvalue weighted by Gasteiger charge is -2.18. The molecule has 0 atom stereocenters. The maximum atomic E-state index is 13.1. The normalized spacial score (nSPS) is 11.3. The number of ether oxygens (including phenoxy) is 1. The number of methoxy groups -OCH3 is 1. The third-order valence-electron chi connectivity index (χ3n) is 21.3. The maximum Gasteiger partial charge on any atom is 0.231 e. The molecule has 1 amide bonds. The topological polar surface area (TPSA) is 286 Å². The van der Waals surface area contributed by atoms with Gasteiger partial charge in [-0.05, 0) is 142 Å². The molecule has 127 heavy (non-hydrogen) atoms. The summed E-state index contributed by atoms with van der Waals surface area (Å²) in [5, 5.41) is 41.9. The molecule has 0 N–H and O–H groups in total. The Bertz CT molecular complexity index is 6220. The van der Waals surface area contributed by atoms with Crippen molar-refractivity contribution in [2.24, 2.45) is 0 Å². The Balaban J connectivity index is 0.000000130. The van der Waals surface area contributed by atoms with Gasteiger partial charge in [0.2, 0.25) is 5.91 Å². The van der Waals surface area contributed by atoms with E-state index in [1.54, 1.807) is 28.8 Å². The van der Waals surface area contributed by atoms with Gasteiger partial charge in [0, 0.05) is 93.2 Å². The number of ketones is 6. The number of carbonyl (C=O) groups is 7. The summed E-state index contributed by atoms with van der Waals surface area (Å²) in [6, 6.07) is 81.2. The molecule has 0 spiro atoms. The maximum absolute atomic E-state index is 13.1. The van der Waals surface area contributed by atoms with Gasteiger partial charge in [0.1, 0.15) is 39.2 Å². The summed E-state index contributed by atoms with van der Waals surface area (Å²) in [4.78, 5) is 83.8. The number of anilines is 1. The van der Waals surface area contributed by atoms with Crippen LogP contribution in [0, 0.1) is 12.7 Å². The lowest BCUT2D eigenvalue weighted by atomic mass is 10.1. The van der Waals surface area contributed by atoms with Gasteiger partial charge in [0.25, 0.3) is 0 Å². The number of aromatic nitrogens is 15. The van der Waals surface area contributed by atoms with E-state index in [-0.39, 0.29) is 46.4 Å². The number of benzene rings is 12. The fourth-order valence-corrected chi connectivity index (χ4v) is 14.6. The molecule has 0 saturated carbocycles. The van der Waals surface area contributed by atoms with Crippen molar-refractivity contribution in [1.82, 2.24) is 75.0 Å². The Morgan fingerprint density at radius 2 is 0.669 bits per heavy atom. The molecule has 18 rings (SSSR count). The summed E-state index contributed by atoms with van der Waals surface area (Å²) in [6.07, 6.45) is 3.52. The van der Waals surface area contributed by atoms with E-state index >= 15 is 0 Å². The van der Waals surface area contributed by atoms with Crippen LogP contribution in [0.25, 0.3) is 55.2 Å². The van der Waals surface area contributed by atoms with Crippen molar-refractivity contribution >= 4 is 129 Å². The number of nitrogens with zero attached hydrogens (tertiary/aromatic N) is 16. The largest absolute Gasteiger partial charge is 0.497 e. The van der Waals surface area contributed by atoms with E-state index in [1.807, 2.05) is 298 Å². The zero-order chi connectivity index (χ0) is 89.6. The average molecular weight is 1780 g/mol. The number of hydrogen-bond acceptors (Lipinski definition) is 18. The number of para-hydroxylation sites is 1. The third kappa shape index (κ3) is 23.2. The monoisotopic (exact) mass is 1780 g/mol. The predicted octanol–water partition coefficient (Wildman–Crippen LogP) is 20.6. The SMILES string of the molecule is CCC(=O)c1ccc(CN2C(=O)Cc3cc(OC)ccc32)cc1.CCC(=O)c1ccc(Cn2nnc3cc(Br)ccc32)cc1.CCC(=O)c1ccc(Cn2nnc3cc(C)ccc32)cc1.CCC(=O)c1ccc(Cn2nnc3cc(Cl)ccc32)cc1.CCC(=O)c1ccc(Cn2nnc3cc(F)ccc32)cc1.CCC(=O)c1ccc(Cn2nnc3ccccc32)cc1. The molecular formula is C100H93BrClFN16O8. The predicted molar refractivity (Wildman–Crippen MR) is 495 cm³/mol. The minimum atomic E-state index is -0.322. The van der Waals surface area contributed by atoms with E-state index in [2.05, 4.69) is 73.6 Å². The highest BCUT2D eigenvalue weighted by Crippen LogP contribution is 2.34. The smallest absolute Gasteiger partial charge is 0.231 e. The number of aryl methyl sites for hydroxylation is 1. The van der Waals surface area contributed by atoms with Crippen molar-refractivity contribution in [3.05, 3.63) is 354 Å². The first-order valence-corrected chi connectivity index (χ1v) is 43.0. The molecule has 0 unspecified atom stereocenters. The highest BCUT2D eigenvalue weighted by atomic mass is 79.9. The molecule has 0 saturated heterocycles. The van der Waals surface area contributed by atoms with Gasteiger partial charge < -0.3 is 9.64 Å². The molecule has 1 aliphatic rings. The quantitative estimate of drug-likeness (QED) is 0.0480. The molecule has 0 fully saturated rings. The zero-order valence-corrected chi connectivity index (χ0v) is 73.9. The summed E-state index contributed by atoms with van der Waals surface area (Å²) in [6.45, 7) is 16.8. The number of rotatable bonds is 25. The van der Waals surface area contributed by atoms with Gasteiger partial charge in [-0.15, -0.1) is 25.5 Å². The van der Waals surface area contributed by atoms with Crippen molar-refractivity contribution < 1.29 is 42.7 Å². The van der Waals surface area contributed by atoms with Crippen LogP contribution in [0.2, 0.25) is 5.02 Å². The summed E-state index contributed by atoms with van der Waals surface area (Å²) in [5.41, 5.74) is 22.7. The Hall–Kier alpha value is -14.4. The van der Waals surface area contributed by atoms with Crippen molar-refractivity contribution in [3.63, 3.8) is 0 Å². The van der Waals surface area contributed by atoms with Crippen molar-refractivity contribution in [1.29, 1.82) is 0 Å². The molecule has 12 aromatic carbocycles. The first-order valence-electron chi connectivity index (χ1n) is 41.8. The van der Waals surface area contributed by atoms with E-state index in [0.29, 0.717) is 106 Å². The highest BCUT2D eigenvalue weighted by Gasteiger charge is 2.28. The minimum Gasteiger partial charge on any atom is -0.497 e. The number of halogens is 3. The summed E-state index contributed by atoms with van der Waals surface area (Å²) >= 11 is 9.37. The van der Waals surface area contributed by atoms with E-state index in [0.717, 1.165) is 127 Å². The van der Waals surface area contributed by atoms with Gasteiger partial charge in [-0.3, -0.25) is 33.6 Å². The molecule has 1 aliphatic heterocycles. The van der Waals surface area contributed by atoms with Gasteiger partial charge in [0.05, 0.1) is 80.4 Å². The van der Waals surface area contributed by atoms with Crippen LogP contribution in [0.5, 0.6) is 5.75 Å². The number of fused-ring (bicyclic) bond motifs is 6.